The first-order chi connectivity index (χ1) is 10.0. The fourth-order valence-corrected chi connectivity index (χ4v) is 2.57. The molecule has 1 aliphatic heterocycles. The van der Waals surface area contributed by atoms with Gasteiger partial charge in [-0.3, -0.25) is 4.90 Å². The van der Waals surface area contributed by atoms with Crippen LogP contribution in [0.3, 0.4) is 0 Å². The Hall–Kier alpha value is -1.27. The van der Waals surface area contributed by atoms with Gasteiger partial charge in [-0.05, 0) is 31.2 Å². The van der Waals surface area contributed by atoms with Gasteiger partial charge in [0.15, 0.2) is 0 Å². The number of hydrogen-bond donors (Lipinski definition) is 0. The van der Waals surface area contributed by atoms with Crippen molar-refractivity contribution in [1.82, 2.24) is 4.90 Å². The van der Waals surface area contributed by atoms with Crippen molar-refractivity contribution in [3.05, 3.63) is 35.6 Å². The number of benzene rings is 1. The van der Waals surface area contributed by atoms with Crippen LogP contribution in [-0.2, 0) is 6.18 Å². The van der Waals surface area contributed by atoms with Crippen LogP contribution < -0.4 is 4.90 Å². The summed E-state index contributed by atoms with van der Waals surface area (Å²) in [7, 11) is 0. The molecule has 0 radical (unpaired) electrons. The number of alkyl halides is 3. The average molecular weight is 300 g/mol. The molecule has 1 aromatic carbocycles. The Balaban J connectivity index is 1.90. The van der Waals surface area contributed by atoms with Crippen LogP contribution in [0.2, 0.25) is 0 Å². The van der Waals surface area contributed by atoms with Gasteiger partial charge in [0.1, 0.15) is 0 Å². The second kappa shape index (κ2) is 7.13. The van der Waals surface area contributed by atoms with E-state index in [-0.39, 0.29) is 0 Å². The number of anilines is 1. The molecule has 1 fully saturated rings. The topological polar surface area (TPSA) is 30.3 Å². The van der Waals surface area contributed by atoms with Crippen molar-refractivity contribution in [2.24, 2.45) is 0 Å². The summed E-state index contributed by atoms with van der Waals surface area (Å²) in [6, 6.07) is 5.56. The average Bonchev–Trinajstić information content (AvgIpc) is 2.47. The third kappa shape index (κ3) is 4.61. The quantitative estimate of drug-likeness (QED) is 0.777. The minimum Gasteiger partial charge on any atom is -0.677 e. The maximum Gasteiger partial charge on any atom is 0.416 e. The largest absolute Gasteiger partial charge is 0.677 e. The van der Waals surface area contributed by atoms with Crippen LogP contribution in [0.4, 0.5) is 18.9 Å². The molecule has 2 rings (SSSR count). The van der Waals surface area contributed by atoms with E-state index < -0.39 is 11.7 Å². The zero-order chi connectivity index (χ0) is 15.3. The van der Waals surface area contributed by atoms with Crippen LogP contribution in [0.15, 0.2) is 24.3 Å². The minimum atomic E-state index is -4.28. The third-order valence-electron chi connectivity index (χ3n) is 3.81. The molecule has 0 aliphatic carbocycles. The Morgan fingerprint density at radius 3 is 2.38 bits per heavy atom. The van der Waals surface area contributed by atoms with Gasteiger partial charge in [0.05, 0.1) is 5.56 Å². The summed E-state index contributed by atoms with van der Waals surface area (Å²) in [5.74, 6) is 0. The lowest BCUT2D eigenvalue weighted by Gasteiger charge is -2.36. The predicted molar refractivity (Wildman–Crippen MR) is 78.5 cm³/mol. The van der Waals surface area contributed by atoms with E-state index in [2.05, 4.69) is 4.90 Å². The summed E-state index contributed by atoms with van der Waals surface area (Å²) in [6.45, 7) is 4.69. The highest BCUT2D eigenvalue weighted by Gasteiger charge is 2.31. The highest BCUT2D eigenvalue weighted by molar-refractivity contribution is 5.49. The van der Waals surface area contributed by atoms with Gasteiger partial charge < -0.3 is 10.6 Å². The molecular weight excluding hydrogens is 279 g/mol. The van der Waals surface area contributed by atoms with E-state index in [0.29, 0.717) is 12.2 Å². The Labute approximate surface area is 123 Å². The second-order valence-electron chi connectivity index (χ2n) is 5.33. The van der Waals surface area contributed by atoms with Crippen molar-refractivity contribution in [3.8, 4) is 0 Å². The first kappa shape index (κ1) is 16.1. The monoisotopic (exact) mass is 300 g/mol. The van der Waals surface area contributed by atoms with Gasteiger partial charge in [-0.15, -0.1) is 0 Å². The van der Waals surface area contributed by atoms with Crippen molar-refractivity contribution < 1.29 is 13.2 Å². The standard InChI is InChI=1S/C15H21F3N3/c16-15(17,18)13-4-3-5-14(12-13)21-10-8-20(9-11-21)7-2-1-6-19/h3-5,12,19H,1-2,6-11H2/q-1. The molecule has 0 aromatic heterocycles. The fourth-order valence-electron chi connectivity index (χ4n) is 2.57. The van der Waals surface area contributed by atoms with Gasteiger partial charge >= 0.3 is 6.18 Å². The van der Waals surface area contributed by atoms with Crippen molar-refractivity contribution in [2.75, 3.05) is 44.2 Å². The number of rotatable bonds is 5. The zero-order valence-corrected chi connectivity index (χ0v) is 12.0. The van der Waals surface area contributed by atoms with Crippen LogP contribution >= 0.6 is 0 Å². The van der Waals surface area contributed by atoms with Crippen LogP contribution in [0.25, 0.3) is 5.73 Å². The van der Waals surface area contributed by atoms with Crippen LogP contribution in [0, 0.1) is 0 Å². The number of halogens is 3. The molecule has 1 N–H and O–H groups in total. The number of piperazine rings is 1. The molecule has 1 saturated heterocycles. The number of nitrogens with zero attached hydrogens (tertiary/aromatic N) is 2. The Bertz CT molecular complexity index is 440. The SMILES string of the molecule is [NH-]CCCCN1CCN(c2cccc(C(F)(F)F)c2)CC1. The number of nitrogens with one attached hydrogen (secondary N) is 1. The highest BCUT2D eigenvalue weighted by Crippen LogP contribution is 2.31. The summed E-state index contributed by atoms with van der Waals surface area (Å²) in [5, 5.41) is 0. The van der Waals surface area contributed by atoms with E-state index in [1.165, 1.54) is 12.1 Å². The molecule has 1 aromatic rings. The van der Waals surface area contributed by atoms with E-state index >= 15 is 0 Å². The highest BCUT2D eigenvalue weighted by atomic mass is 19.4. The van der Waals surface area contributed by atoms with E-state index in [9.17, 15) is 13.2 Å². The Kier molecular flexibility index (Phi) is 5.47. The molecule has 3 nitrogen and oxygen atoms in total. The third-order valence-corrected chi connectivity index (χ3v) is 3.81. The van der Waals surface area contributed by atoms with E-state index in [0.717, 1.165) is 51.6 Å². The molecule has 0 atom stereocenters. The summed E-state index contributed by atoms with van der Waals surface area (Å²) in [6.07, 6.45) is -2.35. The van der Waals surface area contributed by atoms with Crippen LogP contribution in [0.5, 0.6) is 0 Å². The summed E-state index contributed by atoms with van der Waals surface area (Å²) < 4.78 is 38.2. The Morgan fingerprint density at radius 2 is 1.76 bits per heavy atom. The molecule has 1 heterocycles. The number of unbranched alkanes of at least 4 members (excludes halogenated alkanes) is 1. The van der Waals surface area contributed by atoms with Gasteiger partial charge in [-0.2, -0.15) is 19.7 Å². The van der Waals surface area contributed by atoms with Crippen LogP contribution in [-0.4, -0.2) is 44.2 Å². The van der Waals surface area contributed by atoms with E-state index in [1.54, 1.807) is 6.07 Å². The van der Waals surface area contributed by atoms with E-state index in [4.69, 9.17) is 5.73 Å². The van der Waals surface area contributed by atoms with Gasteiger partial charge in [-0.25, -0.2) is 0 Å². The van der Waals surface area contributed by atoms with E-state index in [1.807, 2.05) is 4.90 Å². The second-order valence-corrected chi connectivity index (χ2v) is 5.33. The lowest BCUT2D eigenvalue weighted by atomic mass is 10.1. The zero-order valence-electron chi connectivity index (χ0n) is 12.0. The van der Waals surface area contributed by atoms with Crippen molar-refractivity contribution in [2.45, 2.75) is 19.0 Å². The molecule has 0 spiro atoms. The lowest BCUT2D eigenvalue weighted by molar-refractivity contribution is -0.137. The lowest BCUT2D eigenvalue weighted by Crippen LogP contribution is -2.46. The predicted octanol–water partition coefficient (Wildman–Crippen LogP) is 3.66. The van der Waals surface area contributed by atoms with Gasteiger partial charge in [0.25, 0.3) is 0 Å². The first-order valence-corrected chi connectivity index (χ1v) is 7.30. The normalized spacial score (nSPS) is 17.2. The van der Waals surface area contributed by atoms with Gasteiger partial charge in [0, 0.05) is 31.9 Å². The minimum absolute atomic E-state index is 0.462. The molecule has 0 amide bonds. The molecule has 0 unspecified atom stereocenters. The summed E-state index contributed by atoms with van der Waals surface area (Å²) in [4.78, 5) is 4.33. The molecule has 21 heavy (non-hydrogen) atoms. The summed E-state index contributed by atoms with van der Waals surface area (Å²) >= 11 is 0. The maximum absolute atomic E-state index is 12.7. The van der Waals surface area contributed by atoms with Crippen LogP contribution in [0.1, 0.15) is 18.4 Å². The van der Waals surface area contributed by atoms with Crippen molar-refractivity contribution in [3.63, 3.8) is 0 Å². The van der Waals surface area contributed by atoms with Crippen molar-refractivity contribution in [1.29, 1.82) is 0 Å². The fraction of sp³-hybridized carbons (Fsp3) is 0.600. The molecular formula is C15H21F3N3-. The van der Waals surface area contributed by atoms with Crippen molar-refractivity contribution >= 4 is 5.69 Å². The Morgan fingerprint density at radius 1 is 1.05 bits per heavy atom. The first-order valence-electron chi connectivity index (χ1n) is 7.30. The number of hydrogen-bond acceptors (Lipinski definition) is 2. The smallest absolute Gasteiger partial charge is 0.416 e. The van der Waals surface area contributed by atoms with Gasteiger partial charge in [-0.1, -0.05) is 12.5 Å². The molecule has 118 valence electrons. The molecule has 0 saturated carbocycles. The summed E-state index contributed by atoms with van der Waals surface area (Å²) in [5.41, 5.74) is 7.18. The molecule has 1 aliphatic rings. The van der Waals surface area contributed by atoms with Gasteiger partial charge in [0.2, 0.25) is 0 Å². The maximum atomic E-state index is 12.7. The molecule has 6 heteroatoms. The molecule has 0 bridgehead atoms.